The van der Waals surface area contributed by atoms with Gasteiger partial charge in [-0.15, -0.1) is 0 Å². The van der Waals surface area contributed by atoms with Gasteiger partial charge in [0.25, 0.3) is 0 Å². The second kappa shape index (κ2) is 4.82. The van der Waals surface area contributed by atoms with E-state index in [1.54, 1.807) is 0 Å². The molecule has 0 N–H and O–H groups in total. The highest BCUT2D eigenvalue weighted by Crippen LogP contribution is 2.32. The van der Waals surface area contributed by atoms with E-state index in [2.05, 4.69) is 37.9 Å². The molecular weight excluding hydrogens is 361 g/mol. The van der Waals surface area contributed by atoms with Gasteiger partial charge in [-0.2, -0.15) is 0 Å². The molecule has 2 rings (SSSR count). The van der Waals surface area contributed by atoms with E-state index in [9.17, 15) is 13.2 Å². The lowest BCUT2D eigenvalue weighted by Crippen LogP contribution is -1.93. The van der Waals surface area contributed by atoms with Gasteiger partial charge in [-0.1, -0.05) is 31.9 Å². The minimum Gasteiger partial charge on any atom is -0.206 e. The molecule has 0 fully saturated rings. The van der Waals surface area contributed by atoms with Gasteiger partial charge in [-0.3, -0.25) is 0 Å². The molecule has 0 aliphatic heterocycles. The van der Waals surface area contributed by atoms with Gasteiger partial charge >= 0.3 is 0 Å². The molecule has 0 saturated carbocycles. The van der Waals surface area contributed by atoms with Gasteiger partial charge in [0.15, 0.2) is 0 Å². The van der Waals surface area contributed by atoms with Crippen molar-refractivity contribution in [2.45, 2.75) is 0 Å². The first-order valence-corrected chi connectivity index (χ1v) is 6.09. The van der Waals surface area contributed by atoms with Crippen LogP contribution >= 0.6 is 31.9 Å². The van der Waals surface area contributed by atoms with Crippen LogP contribution in [-0.4, -0.2) is 0 Å². The highest BCUT2D eigenvalue weighted by Gasteiger charge is 2.16. The topological polar surface area (TPSA) is 0 Å². The second-order valence-corrected chi connectivity index (χ2v) is 5.06. The SMILES string of the molecule is Fc1c[c]c(Br)cc1-c1c(F)cc(Br)cc1F. The molecule has 2 aromatic rings. The lowest BCUT2D eigenvalue weighted by molar-refractivity contribution is 0.580. The standard InChI is InChI=1S/C12H4Br2F3/c13-6-1-2-9(15)8(3-6)12-10(16)4-7(14)5-11(12)17/h2-5H. The number of hydrogen-bond donors (Lipinski definition) is 0. The van der Waals surface area contributed by atoms with Crippen molar-refractivity contribution < 1.29 is 13.2 Å². The summed E-state index contributed by atoms with van der Waals surface area (Å²) in [6.45, 7) is 0. The smallest absolute Gasteiger partial charge is 0.135 e. The normalized spacial score (nSPS) is 10.6. The zero-order chi connectivity index (χ0) is 12.6. The van der Waals surface area contributed by atoms with Gasteiger partial charge in [-0.05, 0) is 24.3 Å². The molecule has 17 heavy (non-hydrogen) atoms. The fourth-order valence-electron chi connectivity index (χ4n) is 1.44. The van der Waals surface area contributed by atoms with Crippen LogP contribution in [0.15, 0.2) is 33.2 Å². The van der Waals surface area contributed by atoms with E-state index < -0.39 is 17.5 Å². The maximum atomic E-state index is 13.6. The van der Waals surface area contributed by atoms with Crippen LogP contribution < -0.4 is 0 Å². The Morgan fingerprint density at radius 3 is 2.06 bits per heavy atom. The van der Waals surface area contributed by atoms with Crippen molar-refractivity contribution in [1.29, 1.82) is 0 Å². The van der Waals surface area contributed by atoms with E-state index in [1.165, 1.54) is 6.07 Å². The predicted octanol–water partition coefficient (Wildman–Crippen LogP) is 5.10. The van der Waals surface area contributed by atoms with Gasteiger partial charge in [-0.25, -0.2) is 13.2 Å². The number of rotatable bonds is 1. The van der Waals surface area contributed by atoms with E-state index in [4.69, 9.17) is 0 Å². The Labute approximate surface area is 113 Å². The Morgan fingerprint density at radius 2 is 1.47 bits per heavy atom. The van der Waals surface area contributed by atoms with Crippen LogP contribution in [0.4, 0.5) is 13.2 Å². The van der Waals surface area contributed by atoms with Crippen molar-refractivity contribution in [3.05, 3.63) is 56.7 Å². The van der Waals surface area contributed by atoms with Crippen molar-refractivity contribution in [3.8, 4) is 11.1 Å². The summed E-state index contributed by atoms with van der Waals surface area (Å²) in [5, 5.41) is 0. The second-order valence-electron chi connectivity index (χ2n) is 3.29. The molecule has 0 bridgehead atoms. The number of hydrogen-bond acceptors (Lipinski definition) is 0. The van der Waals surface area contributed by atoms with Crippen LogP contribution in [-0.2, 0) is 0 Å². The molecule has 0 saturated heterocycles. The van der Waals surface area contributed by atoms with E-state index in [1.807, 2.05) is 0 Å². The summed E-state index contributed by atoms with van der Waals surface area (Å²) in [5.74, 6) is -2.38. The average molecular weight is 365 g/mol. The fraction of sp³-hybridized carbons (Fsp3) is 0. The monoisotopic (exact) mass is 363 g/mol. The maximum absolute atomic E-state index is 13.6. The van der Waals surface area contributed by atoms with Crippen LogP contribution in [0.1, 0.15) is 0 Å². The lowest BCUT2D eigenvalue weighted by Gasteiger charge is -2.07. The molecule has 0 nitrogen and oxygen atoms in total. The van der Waals surface area contributed by atoms with Crippen LogP contribution in [0.5, 0.6) is 0 Å². The number of halogens is 5. The third kappa shape index (κ3) is 2.55. The first-order valence-electron chi connectivity index (χ1n) is 4.50. The molecule has 0 atom stereocenters. The van der Waals surface area contributed by atoms with E-state index in [-0.39, 0.29) is 15.6 Å². The third-order valence-corrected chi connectivity index (χ3v) is 3.06. The summed E-state index contributed by atoms with van der Waals surface area (Å²) in [6, 6.07) is 7.03. The summed E-state index contributed by atoms with van der Waals surface area (Å²) in [6.07, 6.45) is 0. The van der Waals surface area contributed by atoms with Crippen molar-refractivity contribution in [3.63, 3.8) is 0 Å². The highest BCUT2D eigenvalue weighted by molar-refractivity contribution is 9.10. The Hall–Kier alpha value is -0.810. The molecule has 0 aliphatic rings. The first-order chi connectivity index (χ1) is 7.99. The summed E-state index contributed by atoms with van der Waals surface area (Å²) < 4.78 is 41.5. The van der Waals surface area contributed by atoms with Gasteiger partial charge < -0.3 is 0 Å². The van der Waals surface area contributed by atoms with Crippen molar-refractivity contribution >= 4 is 31.9 Å². The quantitative estimate of drug-likeness (QED) is 0.660. The van der Waals surface area contributed by atoms with Gasteiger partial charge in [0.2, 0.25) is 0 Å². The molecule has 87 valence electrons. The van der Waals surface area contributed by atoms with Crippen LogP contribution in [0.2, 0.25) is 0 Å². The molecule has 0 heterocycles. The summed E-state index contributed by atoms with van der Waals surface area (Å²) in [7, 11) is 0. The first kappa shape index (κ1) is 12.6. The van der Waals surface area contributed by atoms with Gasteiger partial charge in [0, 0.05) is 20.6 Å². The lowest BCUT2D eigenvalue weighted by atomic mass is 10.0. The molecular formula is C12H4Br2F3. The zero-order valence-corrected chi connectivity index (χ0v) is 11.4. The summed E-state index contributed by atoms with van der Waals surface area (Å²) in [4.78, 5) is 0. The summed E-state index contributed by atoms with van der Waals surface area (Å²) in [5.41, 5.74) is -0.529. The Morgan fingerprint density at radius 1 is 0.882 bits per heavy atom. The molecule has 0 spiro atoms. The Bertz CT molecular complexity index is 559. The summed E-state index contributed by atoms with van der Waals surface area (Å²) >= 11 is 6.04. The average Bonchev–Trinajstić information content (AvgIpc) is 2.21. The van der Waals surface area contributed by atoms with E-state index in [0.717, 1.165) is 18.2 Å². The number of benzene rings is 2. The molecule has 0 aromatic heterocycles. The molecule has 0 amide bonds. The molecule has 0 unspecified atom stereocenters. The van der Waals surface area contributed by atoms with Crippen LogP contribution in [0.25, 0.3) is 11.1 Å². The zero-order valence-electron chi connectivity index (χ0n) is 8.20. The minimum atomic E-state index is -0.825. The Balaban J connectivity index is 2.72. The van der Waals surface area contributed by atoms with Crippen molar-refractivity contribution in [2.24, 2.45) is 0 Å². The fourth-order valence-corrected chi connectivity index (χ4v) is 2.18. The third-order valence-electron chi connectivity index (χ3n) is 2.14. The van der Waals surface area contributed by atoms with Crippen molar-refractivity contribution in [1.82, 2.24) is 0 Å². The molecule has 2 aromatic carbocycles. The largest absolute Gasteiger partial charge is 0.206 e. The van der Waals surface area contributed by atoms with Crippen LogP contribution in [0.3, 0.4) is 0 Å². The predicted molar refractivity (Wildman–Crippen MR) is 66.0 cm³/mol. The molecule has 5 heteroatoms. The highest BCUT2D eigenvalue weighted by atomic mass is 79.9. The van der Waals surface area contributed by atoms with Gasteiger partial charge in [0.1, 0.15) is 17.5 Å². The van der Waals surface area contributed by atoms with Crippen molar-refractivity contribution in [2.75, 3.05) is 0 Å². The van der Waals surface area contributed by atoms with Crippen LogP contribution in [0, 0.1) is 23.5 Å². The minimum absolute atomic E-state index is 0.141. The van der Waals surface area contributed by atoms with E-state index >= 15 is 0 Å². The van der Waals surface area contributed by atoms with E-state index in [0.29, 0.717) is 4.47 Å². The Kier molecular flexibility index (Phi) is 3.58. The van der Waals surface area contributed by atoms with Gasteiger partial charge in [0.05, 0.1) is 5.56 Å². The maximum Gasteiger partial charge on any atom is 0.135 e. The molecule has 0 aliphatic carbocycles. The molecule has 1 radical (unpaired) electrons.